The molecule has 1 aliphatic rings. The molecule has 1 heterocycles. The molecule has 0 atom stereocenters. The van der Waals surface area contributed by atoms with Crippen molar-refractivity contribution in [1.82, 2.24) is 0 Å². The number of rotatable bonds is 1. The van der Waals surface area contributed by atoms with Crippen LogP contribution >= 0.6 is 15.9 Å². The largest absolute Gasteiger partial charge is 0.432 e. The van der Waals surface area contributed by atoms with Gasteiger partial charge in [-0.15, -0.1) is 0 Å². The van der Waals surface area contributed by atoms with Crippen LogP contribution in [0.3, 0.4) is 0 Å². The molecule has 23 heavy (non-hydrogen) atoms. The molecule has 3 aromatic carbocycles. The van der Waals surface area contributed by atoms with Gasteiger partial charge < -0.3 is 9.64 Å². The molecule has 0 saturated carbocycles. The van der Waals surface area contributed by atoms with E-state index >= 15 is 0 Å². The van der Waals surface area contributed by atoms with Crippen LogP contribution in [0.15, 0.2) is 76.8 Å². The predicted molar refractivity (Wildman–Crippen MR) is 98.6 cm³/mol. The van der Waals surface area contributed by atoms with Crippen molar-refractivity contribution in [3.8, 4) is 5.75 Å². The van der Waals surface area contributed by atoms with Crippen molar-refractivity contribution in [3.63, 3.8) is 0 Å². The summed E-state index contributed by atoms with van der Waals surface area (Å²) in [5.74, 6) is 1.55. The van der Waals surface area contributed by atoms with Crippen molar-refractivity contribution < 1.29 is 4.74 Å². The molecule has 0 amide bonds. The number of benzene rings is 3. The Morgan fingerprint density at radius 2 is 1.87 bits per heavy atom. The molecule has 0 bridgehead atoms. The van der Waals surface area contributed by atoms with E-state index in [4.69, 9.17) is 4.74 Å². The van der Waals surface area contributed by atoms with Gasteiger partial charge in [0.1, 0.15) is 0 Å². The Bertz CT molecular complexity index is 965. The Hall–Kier alpha value is -2.48. The number of hydrogen-bond acceptors (Lipinski definition) is 2. The van der Waals surface area contributed by atoms with Crippen LogP contribution in [0.2, 0.25) is 0 Å². The van der Waals surface area contributed by atoms with Gasteiger partial charge in [0.15, 0.2) is 5.75 Å². The normalized spacial score (nSPS) is 12.8. The van der Waals surface area contributed by atoms with Crippen LogP contribution in [-0.2, 0) is 0 Å². The minimum absolute atomic E-state index is 0.700. The van der Waals surface area contributed by atoms with Gasteiger partial charge in [0.25, 0.3) is 0 Å². The third-order valence-electron chi connectivity index (χ3n) is 3.97. The van der Waals surface area contributed by atoms with E-state index < -0.39 is 0 Å². The summed E-state index contributed by atoms with van der Waals surface area (Å²) in [7, 11) is 1.98. The first kappa shape index (κ1) is 14.1. The van der Waals surface area contributed by atoms with E-state index in [1.165, 1.54) is 10.8 Å². The Kier molecular flexibility index (Phi) is 3.45. The van der Waals surface area contributed by atoms with E-state index in [0.717, 1.165) is 21.5 Å². The molecule has 0 N–H and O–H groups in total. The van der Waals surface area contributed by atoms with Crippen molar-refractivity contribution in [2.24, 2.45) is 0 Å². The van der Waals surface area contributed by atoms with E-state index in [1.807, 2.05) is 36.2 Å². The van der Waals surface area contributed by atoms with Gasteiger partial charge in [-0.25, -0.2) is 0 Å². The highest BCUT2D eigenvalue weighted by Gasteiger charge is 2.22. The first-order valence-electron chi connectivity index (χ1n) is 7.38. The van der Waals surface area contributed by atoms with Gasteiger partial charge in [0, 0.05) is 11.5 Å². The maximum Gasteiger partial charge on any atom is 0.246 e. The van der Waals surface area contributed by atoms with Crippen molar-refractivity contribution in [1.29, 1.82) is 0 Å². The minimum atomic E-state index is 0.700. The molecule has 3 heteroatoms. The third kappa shape index (κ3) is 2.55. The number of halogens is 1. The summed E-state index contributed by atoms with van der Waals surface area (Å²) in [5.41, 5.74) is 5.45. The summed E-state index contributed by atoms with van der Waals surface area (Å²) in [6.07, 6.45) is 1.98. The highest BCUT2D eigenvalue weighted by molar-refractivity contribution is 9.10. The fourth-order valence-electron chi connectivity index (χ4n) is 2.76. The lowest BCUT2D eigenvalue weighted by molar-refractivity contribution is 0.445. The number of nitrogens with zero attached hydrogens (tertiary/aromatic N) is 1. The summed E-state index contributed by atoms with van der Waals surface area (Å²) >= 11 is 3.50. The Morgan fingerprint density at radius 3 is 2.78 bits per heavy atom. The quantitative estimate of drug-likeness (QED) is 0.523. The molecule has 2 nitrogen and oxygen atoms in total. The maximum absolute atomic E-state index is 5.89. The summed E-state index contributed by atoms with van der Waals surface area (Å²) < 4.78 is 6.92. The molecule has 0 aromatic heterocycles. The van der Waals surface area contributed by atoms with Gasteiger partial charge in [-0.3, -0.25) is 0 Å². The fraction of sp³-hybridized carbons (Fsp3) is 0.0500. The van der Waals surface area contributed by atoms with Crippen molar-refractivity contribution in [2.45, 2.75) is 0 Å². The van der Waals surface area contributed by atoms with Crippen LogP contribution in [0.5, 0.6) is 5.75 Å². The topological polar surface area (TPSA) is 12.5 Å². The van der Waals surface area contributed by atoms with Gasteiger partial charge in [-0.2, -0.15) is 0 Å². The van der Waals surface area contributed by atoms with E-state index in [0.29, 0.717) is 5.88 Å². The summed E-state index contributed by atoms with van der Waals surface area (Å²) in [6.45, 7) is 0. The zero-order valence-corrected chi connectivity index (χ0v) is 14.2. The summed E-state index contributed by atoms with van der Waals surface area (Å²) in [5, 5.41) is 2.44. The zero-order valence-electron chi connectivity index (χ0n) is 12.6. The Balaban J connectivity index is 1.77. The van der Waals surface area contributed by atoms with E-state index in [9.17, 15) is 0 Å². The summed E-state index contributed by atoms with van der Waals surface area (Å²) in [4.78, 5) is 2.00. The fourth-order valence-corrected chi connectivity index (χ4v) is 3.11. The van der Waals surface area contributed by atoms with Crippen LogP contribution in [0.25, 0.3) is 16.8 Å². The van der Waals surface area contributed by atoms with Gasteiger partial charge in [0.05, 0.1) is 5.69 Å². The number of ether oxygens (including phenoxy) is 1. The molecule has 0 unspecified atom stereocenters. The Labute approximate surface area is 143 Å². The zero-order chi connectivity index (χ0) is 15.8. The molecule has 1 aliphatic heterocycles. The van der Waals surface area contributed by atoms with Gasteiger partial charge in [-0.05, 0) is 40.6 Å². The second-order valence-electron chi connectivity index (χ2n) is 5.44. The molecule has 0 spiro atoms. The first-order chi connectivity index (χ1) is 11.2. The van der Waals surface area contributed by atoms with E-state index in [2.05, 4.69) is 64.1 Å². The van der Waals surface area contributed by atoms with Crippen LogP contribution in [0.4, 0.5) is 5.69 Å². The van der Waals surface area contributed by atoms with Crippen molar-refractivity contribution >= 4 is 38.5 Å². The highest BCUT2D eigenvalue weighted by Crippen LogP contribution is 2.39. The Morgan fingerprint density at radius 1 is 1.04 bits per heavy atom. The average Bonchev–Trinajstić information content (AvgIpc) is 2.89. The van der Waals surface area contributed by atoms with Crippen LogP contribution in [0.1, 0.15) is 5.56 Å². The molecule has 0 saturated heterocycles. The molecular formula is C20H14BrNO. The maximum atomic E-state index is 5.89. The van der Waals surface area contributed by atoms with Crippen molar-refractivity contribution in [2.75, 3.05) is 11.9 Å². The highest BCUT2D eigenvalue weighted by atomic mass is 79.9. The van der Waals surface area contributed by atoms with Gasteiger partial charge in [0.2, 0.25) is 5.88 Å². The predicted octanol–water partition coefficient (Wildman–Crippen LogP) is 5.58. The third-order valence-corrected chi connectivity index (χ3v) is 4.46. The molecule has 0 radical (unpaired) electrons. The van der Waals surface area contributed by atoms with Gasteiger partial charge >= 0.3 is 0 Å². The smallest absolute Gasteiger partial charge is 0.246 e. The lowest BCUT2D eigenvalue weighted by atomic mass is 10.0. The number of fused-ring (bicyclic) bond motifs is 2. The first-order valence-corrected chi connectivity index (χ1v) is 8.17. The van der Waals surface area contributed by atoms with Gasteiger partial charge in [-0.1, -0.05) is 64.1 Å². The minimum Gasteiger partial charge on any atom is -0.432 e. The number of anilines is 1. The lowest BCUT2D eigenvalue weighted by Gasteiger charge is -2.08. The molecule has 3 aromatic rings. The SMILES string of the molecule is CN1C(=C=Cc2cccc3ccccc23)Oc2ccc(Br)cc21. The van der Waals surface area contributed by atoms with Crippen LogP contribution < -0.4 is 9.64 Å². The number of hydrogen-bond donors (Lipinski definition) is 0. The average molecular weight is 364 g/mol. The van der Waals surface area contributed by atoms with E-state index in [-0.39, 0.29) is 0 Å². The monoisotopic (exact) mass is 363 g/mol. The van der Waals surface area contributed by atoms with Crippen molar-refractivity contribution in [3.05, 3.63) is 82.3 Å². The molecule has 112 valence electrons. The standard InChI is InChI=1S/C20H14BrNO/c1-22-18-13-16(21)10-11-19(18)23-20(22)12-9-15-7-4-6-14-5-2-3-8-17(14)15/h2-11,13H,1H3. The van der Waals surface area contributed by atoms with E-state index in [1.54, 1.807) is 0 Å². The summed E-state index contributed by atoms with van der Waals surface area (Å²) in [6, 6.07) is 20.6. The van der Waals surface area contributed by atoms with Crippen LogP contribution in [0, 0.1) is 0 Å². The second kappa shape index (κ2) is 5.62. The molecule has 0 fully saturated rings. The molecule has 4 rings (SSSR count). The molecular weight excluding hydrogens is 350 g/mol. The second-order valence-corrected chi connectivity index (χ2v) is 6.35. The molecule has 0 aliphatic carbocycles. The van der Waals surface area contributed by atoms with Crippen LogP contribution in [-0.4, -0.2) is 7.05 Å². The lowest BCUT2D eigenvalue weighted by Crippen LogP contribution is -2.12.